The van der Waals surface area contributed by atoms with Crippen LogP contribution in [0.4, 0.5) is 20.2 Å². The van der Waals surface area contributed by atoms with E-state index in [1.165, 1.54) is 56.1 Å². The lowest BCUT2D eigenvalue weighted by molar-refractivity contribution is -0.130. The highest BCUT2D eigenvalue weighted by Crippen LogP contribution is 2.28. The van der Waals surface area contributed by atoms with E-state index >= 15 is 0 Å². The van der Waals surface area contributed by atoms with E-state index in [0.717, 1.165) is 12.1 Å². The van der Waals surface area contributed by atoms with Crippen molar-refractivity contribution in [1.82, 2.24) is 10.6 Å². The van der Waals surface area contributed by atoms with Crippen molar-refractivity contribution in [3.63, 3.8) is 0 Å². The summed E-state index contributed by atoms with van der Waals surface area (Å²) in [7, 11) is 1.53. The van der Waals surface area contributed by atoms with Gasteiger partial charge in [-0.3, -0.25) is 14.4 Å². The predicted molar refractivity (Wildman–Crippen MR) is 108 cm³/mol. The van der Waals surface area contributed by atoms with E-state index in [-0.39, 0.29) is 18.0 Å². The van der Waals surface area contributed by atoms with Gasteiger partial charge in [-0.2, -0.15) is 0 Å². The van der Waals surface area contributed by atoms with Crippen LogP contribution in [0.1, 0.15) is 24.2 Å². The second-order valence-electron chi connectivity index (χ2n) is 7.55. The number of amides is 3. The van der Waals surface area contributed by atoms with Gasteiger partial charge in [0.15, 0.2) is 0 Å². The first-order valence-electron chi connectivity index (χ1n) is 9.28. The molecule has 0 spiro atoms. The number of halogens is 2. The Morgan fingerprint density at radius 3 is 2.40 bits per heavy atom. The average molecular weight is 416 g/mol. The number of carbonyl (C=O) groups is 3. The third kappa shape index (κ3) is 4.40. The second kappa shape index (κ2) is 8.10. The van der Waals surface area contributed by atoms with E-state index in [4.69, 9.17) is 0 Å². The molecule has 0 saturated carbocycles. The Bertz CT molecular complexity index is 992. The van der Waals surface area contributed by atoms with Crippen LogP contribution in [0.5, 0.6) is 0 Å². The molecule has 1 atom stereocenters. The van der Waals surface area contributed by atoms with Crippen molar-refractivity contribution in [3.8, 4) is 0 Å². The van der Waals surface area contributed by atoms with Crippen LogP contribution >= 0.6 is 0 Å². The molecule has 1 aliphatic heterocycles. The summed E-state index contributed by atoms with van der Waals surface area (Å²) in [5, 5.41) is 8.18. The average Bonchev–Trinajstić information content (AvgIpc) is 2.80. The molecule has 0 fully saturated rings. The predicted octanol–water partition coefficient (Wildman–Crippen LogP) is 2.05. The lowest BCUT2D eigenvalue weighted by Gasteiger charge is -2.28. The minimum absolute atomic E-state index is 0.0490. The smallest absolute Gasteiger partial charge is 0.252 e. The van der Waals surface area contributed by atoms with Crippen LogP contribution in [0.25, 0.3) is 0 Å². The van der Waals surface area contributed by atoms with Gasteiger partial charge in [-0.1, -0.05) is 0 Å². The number of hydrogen-bond acceptors (Lipinski definition) is 4. The maximum atomic E-state index is 13.5. The van der Waals surface area contributed by atoms with Gasteiger partial charge in [-0.15, -0.1) is 0 Å². The monoisotopic (exact) mass is 416 g/mol. The van der Waals surface area contributed by atoms with Crippen LogP contribution in [0.15, 0.2) is 42.5 Å². The number of likely N-dealkylation sites (N-methyl/N-ethyl adjacent to an activating group) is 1. The topological polar surface area (TPSA) is 90.5 Å². The molecule has 2 aromatic carbocycles. The fraction of sp³-hybridized carbons (Fsp3) is 0.286. The van der Waals surface area contributed by atoms with Crippen molar-refractivity contribution < 1.29 is 23.2 Å². The van der Waals surface area contributed by atoms with Crippen LogP contribution < -0.4 is 20.9 Å². The minimum atomic E-state index is -1.35. The molecular weight excluding hydrogens is 394 g/mol. The second-order valence-corrected chi connectivity index (χ2v) is 7.55. The maximum absolute atomic E-state index is 13.5. The zero-order valence-electron chi connectivity index (χ0n) is 16.8. The molecule has 0 bridgehead atoms. The van der Waals surface area contributed by atoms with Crippen molar-refractivity contribution in [2.45, 2.75) is 25.4 Å². The van der Waals surface area contributed by atoms with E-state index in [2.05, 4.69) is 16.0 Å². The van der Waals surface area contributed by atoms with E-state index in [9.17, 15) is 23.2 Å². The molecule has 2 aromatic rings. The summed E-state index contributed by atoms with van der Waals surface area (Å²) < 4.78 is 26.6. The highest BCUT2D eigenvalue weighted by atomic mass is 19.1. The highest BCUT2D eigenvalue weighted by Gasteiger charge is 2.35. The molecular formula is C21H22F2N4O3. The van der Waals surface area contributed by atoms with Crippen LogP contribution in [0.2, 0.25) is 0 Å². The van der Waals surface area contributed by atoms with E-state index in [1.807, 2.05) is 0 Å². The minimum Gasteiger partial charge on any atom is -0.381 e. The molecule has 1 heterocycles. The summed E-state index contributed by atoms with van der Waals surface area (Å²) in [6.45, 7) is 3.03. The van der Waals surface area contributed by atoms with Crippen LogP contribution in [0.3, 0.4) is 0 Å². The number of carbonyl (C=O) groups excluding carboxylic acids is 3. The molecule has 7 nitrogen and oxygen atoms in total. The first kappa shape index (κ1) is 21.2. The molecule has 3 rings (SSSR count). The maximum Gasteiger partial charge on any atom is 0.252 e. The normalized spacial score (nSPS) is 16.2. The van der Waals surface area contributed by atoms with Gasteiger partial charge in [-0.05, 0) is 56.3 Å². The van der Waals surface area contributed by atoms with Gasteiger partial charge in [0.1, 0.15) is 23.2 Å². The number of nitrogens with zero attached hydrogens (tertiary/aromatic N) is 1. The molecule has 158 valence electrons. The zero-order chi connectivity index (χ0) is 22.1. The van der Waals surface area contributed by atoms with Gasteiger partial charge >= 0.3 is 0 Å². The van der Waals surface area contributed by atoms with Gasteiger partial charge < -0.3 is 20.9 Å². The Hall–Kier alpha value is -3.49. The van der Waals surface area contributed by atoms with Gasteiger partial charge in [0, 0.05) is 19.2 Å². The summed E-state index contributed by atoms with van der Waals surface area (Å²) in [6, 6.07) is 7.98. The van der Waals surface area contributed by atoms with Gasteiger partial charge in [-0.25, -0.2) is 8.78 Å². The zero-order valence-corrected chi connectivity index (χ0v) is 16.8. The van der Waals surface area contributed by atoms with Crippen molar-refractivity contribution in [3.05, 3.63) is 59.7 Å². The van der Waals surface area contributed by atoms with Gasteiger partial charge in [0.2, 0.25) is 5.91 Å². The number of anilines is 2. The Morgan fingerprint density at radius 2 is 1.73 bits per heavy atom. The highest BCUT2D eigenvalue weighted by molar-refractivity contribution is 6.04. The van der Waals surface area contributed by atoms with E-state index < -0.39 is 35.0 Å². The standard InChI is InChI=1S/C21H22F2N4O3/c1-21(2,26-18(28)12-4-6-13(22)7-5-12)20(30)25-16-11-24-15-10-14(23)8-9-17(15)27(3)19(16)29/h4-10,16,24H,11H2,1-3H3,(H,25,30)(H,26,28)/t16-/m1/s1. The third-order valence-electron chi connectivity index (χ3n) is 4.85. The van der Waals surface area contributed by atoms with E-state index in [0.29, 0.717) is 11.4 Å². The molecule has 0 radical (unpaired) electrons. The molecule has 3 amide bonds. The number of rotatable bonds is 4. The SMILES string of the molecule is CN1C(=O)[C@H](NC(=O)C(C)(C)NC(=O)c2ccc(F)cc2)CNc2cc(F)ccc21. The first-order chi connectivity index (χ1) is 14.1. The fourth-order valence-corrected chi connectivity index (χ4v) is 3.06. The van der Waals surface area contributed by atoms with Crippen molar-refractivity contribution in [2.24, 2.45) is 0 Å². The molecule has 30 heavy (non-hydrogen) atoms. The molecule has 9 heteroatoms. The lowest BCUT2D eigenvalue weighted by atomic mass is 10.0. The Balaban J connectivity index is 1.70. The van der Waals surface area contributed by atoms with Gasteiger partial charge in [0.05, 0.1) is 11.4 Å². The van der Waals surface area contributed by atoms with Crippen LogP contribution in [-0.4, -0.2) is 42.9 Å². The Labute approximate surface area is 172 Å². The summed E-state index contributed by atoms with van der Waals surface area (Å²) in [6.07, 6.45) is 0. The first-order valence-corrected chi connectivity index (χ1v) is 9.28. The number of nitrogens with one attached hydrogen (secondary N) is 3. The molecule has 0 aromatic heterocycles. The largest absolute Gasteiger partial charge is 0.381 e. The van der Waals surface area contributed by atoms with Crippen molar-refractivity contribution in [1.29, 1.82) is 0 Å². The molecule has 0 saturated heterocycles. The summed E-state index contributed by atoms with van der Waals surface area (Å²) in [5.74, 6) is -2.45. The molecule has 0 unspecified atom stereocenters. The van der Waals surface area contributed by atoms with Crippen LogP contribution in [-0.2, 0) is 9.59 Å². The number of benzene rings is 2. The van der Waals surface area contributed by atoms with Crippen molar-refractivity contribution in [2.75, 3.05) is 23.8 Å². The van der Waals surface area contributed by atoms with E-state index in [1.54, 1.807) is 0 Å². The van der Waals surface area contributed by atoms with Crippen LogP contribution in [0, 0.1) is 11.6 Å². The summed E-state index contributed by atoms with van der Waals surface area (Å²) >= 11 is 0. The molecule has 1 aliphatic rings. The fourth-order valence-electron chi connectivity index (χ4n) is 3.06. The van der Waals surface area contributed by atoms with Crippen molar-refractivity contribution >= 4 is 29.1 Å². The molecule has 3 N–H and O–H groups in total. The summed E-state index contributed by atoms with van der Waals surface area (Å²) in [5.41, 5.74) is -0.231. The number of hydrogen-bond donors (Lipinski definition) is 3. The third-order valence-corrected chi connectivity index (χ3v) is 4.85. The lowest BCUT2D eigenvalue weighted by Crippen LogP contribution is -2.60. The Kier molecular flexibility index (Phi) is 5.73. The quantitative estimate of drug-likeness (QED) is 0.712. The number of fused-ring (bicyclic) bond motifs is 1. The van der Waals surface area contributed by atoms with Gasteiger partial charge in [0.25, 0.3) is 11.8 Å². The summed E-state index contributed by atoms with van der Waals surface area (Å²) in [4.78, 5) is 39.3. The Morgan fingerprint density at radius 1 is 1.10 bits per heavy atom. The molecule has 0 aliphatic carbocycles.